The number of carbonyl (C=O) groups is 2. The highest BCUT2D eigenvalue weighted by molar-refractivity contribution is 6.34. The molecule has 1 heterocycles. The molecule has 0 bridgehead atoms. The van der Waals surface area contributed by atoms with E-state index in [1.807, 2.05) is 0 Å². The van der Waals surface area contributed by atoms with Crippen molar-refractivity contribution in [2.45, 2.75) is 0 Å². The molecule has 0 aliphatic rings. The van der Waals surface area contributed by atoms with Gasteiger partial charge in [-0.25, -0.2) is 9.78 Å². The third kappa shape index (κ3) is 2.41. The molecular formula is C7H5ClN2O3. The molecule has 0 radical (unpaired) electrons. The fraction of sp³-hybridized carbons (Fsp3) is 0. The van der Waals surface area contributed by atoms with Crippen molar-refractivity contribution in [3.63, 3.8) is 0 Å². The summed E-state index contributed by atoms with van der Waals surface area (Å²) in [6.07, 6.45) is 1.42. The van der Waals surface area contributed by atoms with Gasteiger partial charge in [-0.05, 0) is 12.1 Å². The van der Waals surface area contributed by atoms with E-state index in [1.54, 1.807) is 0 Å². The van der Waals surface area contributed by atoms with Gasteiger partial charge in [0, 0.05) is 6.20 Å². The number of aromatic nitrogens is 1. The Morgan fingerprint density at radius 2 is 2.23 bits per heavy atom. The van der Waals surface area contributed by atoms with Crippen LogP contribution in [0.2, 0.25) is 5.15 Å². The van der Waals surface area contributed by atoms with Gasteiger partial charge in [0.15, 0.2) is 10.9 Å². The van der Waals surface area contributed by atoms with Crippen LogP contribution in [0.4, 0.5) is 0 Å². The second-order valence-corrected chi connectivity index (χ2v) is 2.40. The van der Waals surface area contributed by atoms with Gasteiger partial charge < -0.3 is 10.5 Å². The number of halogens is 1. The number of pyridine rings is 1. The molecule has 6 heteroatoms. The highest BCUT2D eigenvalue weighted by Gasteiger charge is 2.13. The number of rotatable bonds is 1. The van der Waals surface area contributed by atoms with E-state index >= 15 is 0 Å². The molecule has 13 heavy (non-hydrogen) atoms. The lowest BCUT2D eigenvalue weighted by Gasteiger charge is -2.01. The average molecular weight is 201 g/mol. The topological polar surface area (TPSA) is 82.3 Å². The minimum Gasteiger partial charge on any atom is -0.416 e. The van der Waals surface area contributed by atoms with Crippen LogP contribution in [0.1, 0.15) is 0 Å². The Balaban J connectivity index is 2.81. The summed E-state index contributed by atoms with van der Waals surface area (Å²) >= 11 is 5.53. The van der Waals surface area contributed by atoms with E-state index in [0.29, 0.717) is 0 Å². The van der Waals surface area contributed by atoms with Crippen molar-refractivity contribution < 1.29 is 14.3 Å². The van der Waals surface area contributed by atoms with Crippen LogP contribution in [0, 0.1) is 0 Å². The van der Waals surface area contributed by atoms with Gasteiger partial charge in [0.25, 0.3) is 0 Å². The molecular weight excluding hydrogens is 196 g/mol. The van der Waals surface area contributed by atoms with E-state index in [4.69, 9.17) is 11.6 Å². The molecule has 0 saturated carbocycles. The predicted octanol–water partition coefficient (Wildman–Crippen LogP) is 0.126. The van der Waals surface area contributed by atoms with E-state index in [1.165, 1.54) is 18.3 Å². The highest BCUT2D eigenvalue weighted by Crippen LogP contribution is 2.20. The van der Waals surface area contributed by atoms with E-state index in [0.717, 1.165) is 0 Å². The number of amides is 1. The van der Waals surface area contributed by atoms with Crippen LogP contribution >= 0.6 is 11.6 Å². The standard InChI is InChI=1S/C7H5ClN2O3/c8-5-4(2-1-3-10-5)13-7(12)6(9)11/h1-3H,(H2,9,11). The third-order valence-electron chi connectivity index (χ3n) is 1.13. The molecule has 2 N–H and O–H groups in total. The van der Waals surface area contributed by atoms with Crippen LogP contribution in [-0.4, -0.2) is 16.9 Å². The van der Waals surface area contributed by atoms with Gasteiger partial charge in [0.05, 0.1) is 0 Å². The van der Waals surface area contributed by atoms with Crippen molar-refractivity contribution >= 4 is 23.5 Å². The van der Waals surface area contributed by atoms with E-state index < -0.39 is 11.9 Å². The lowest BCUT2D eigenvalue weighted by atomic mass is 10.4. The van der Waals surface area contributed by atoms with Crippen LogP contribution in [0.5, 0.6) is 5.75 Å². The van der Waals surface area contributed by atoms with Crippen molar-refractivity contribution in [1.82, 2.24) is 4.98 Å². The number of carbonyl (C=O) groups excluding carboxylic acids is 2. The number of esters is 1. The zero-order valence-corrected chi connectivity index (χ0v) is 7.12. The number of primary amides is 1. The molecule has 0 aliphatic carbocycles. The quantitative estimate of drug-likeness (QED) is 0.397. The average Bonchev–Trinajstić information content (AvgIpc) is 2.08. The zero-order chi connectivity index (χ0) is 9.84. The van der Waals surface area contributed by atoms with E-state index in [-0.39, 0.29) is 10.9 Å². The molecule has 1 aromatic rings. The first kappa shape index (κ1) is 9.47. The highest BCUT2D eigenvalue weighted by atomic mass is 35.5. The molecule has 0 unspecified atom stereocenters. The maximum absolute atomic E-state index is 10.7. The number of nitrogens with zero attached hydrogens (tertiary/aromatic N) is 1. The Kier molecular flexibility index (Phi) is 2.81. The Hall–Kier alpha value is -1.62. The summed E-state index contributed by atoms with van der Waals surface area (Å²) in [5.74, 6) is -2.34. The summed E-state index contributed by atoms with van der Waals surface area (Å²) in [7, 11) is 0. The summed E-state index contributed by atoms with van der Waals surface area (Å²) in [4.78, 5) is 24.6. The fourth-order valence-corrected chi connectivity index (χ4v) is 0.755. The number of ether oxygens (including phenoxy) is 1. The summed E-state index contributed by atoms with van der Waals surface area (Å²) in [5, 5.41) is -0.00269. The van der Waals surface area contributed by atoms with Gasteiger partial charge in [-0.3, -0.25) is 4.79 Å². The lowest BCUT2D eigenvalue weighted by Crippen LogP contribution is -2.27. The molecule has 0 saturated heterocycles. The van der Waals surface area contributed by atoms with Crippen molar-refractivity contribution in [3.8, 4) is 5.75 Å². The van der Waals surface area contributed by atoms with Crippen LogP contribution in [0.15, 0.2) is 18.3 Å². The molecule has 0 atom stereocenters. The van der Waals surface area contributed by atoms with Crippen LogP contribution in [0.25, 0.3) is 0 Å². The second-order valence-electron chi connectivity index (χ2n) is 2.05. The summed E-state index contributed by atoms with van der Waals surface area (Å²) in [6, 6.07) is 2.91. The molecule has 1 aromatic heterocycles. The zero-order valence-electron chi connectivity index (χ0n) is 6.36. The molecule has 0 aromatic carbocycles. The molecule has 1 rings (SSSR count). The van der Waals surface area contributed by atoms with Crippen LogP contribution in [-0.2, 0) is 9.59 Å². The van der Waals surface area contributed by atoms with Crippen molar-refractivity contribution in [2.75, 3.05) is 0 Å². The monoisotopic (exact) mass is 200 g/mol. The van der Waals surface area contributed by atoms with Gasteiger partial charge in [-0.15, -0.1) is 0 Å². The minimum atomic E-state index is -1.18. The summed E-state index contributed by atoms with van der Waals surface area (Å²) in [5.41, 5.74) is 4.66. The van der Waals surface area contributed by atoms with Crippen LogP contribution < -0.4 is 10.5 Å². The summed E-state index contributed by atoms with van der Waals surface area (Å²) in [6.45, 7) is 0. The predicted molar refractivity (Wildman–Crippen MR) is 44.1 cm³/mol. The Morgan fingerprint density at radius 1 is 1.54 bits per heavy atom. The van der Waals surface area contributed by atoms with Crippen molar-refractivity contribution in [2.24, 2.45) is 5.73 Å². The first-order valence-electron chi connectivity index (χ1n) is 3.23. The molecule has 68 valence electrons. The number of hydrogen-bond acceptors (Lipinski definition) is 4. The fourth-order valence-electron chi connectivity index (χ4n) is 0.598. The third-order valence-corrected chi connectivity index (χ3v) is 1.41. The lowest BCUT2D eigenvalue weighted by molar-refractivity contribution is -0.146. The molecule has 0 fully saturated rings. The van der Waals surface area contributed by atoms with Gasteiger partial charge in [0.2, 0.25) is 0 Å². The number of nitrogens with two attached hydrogens (primary N) is 1. The number of hydrogen-bond donors (Lipinski definition) is 1. The Morgan fingerprint density at radius 3 is 2.77 bits per heavy atom. The maximum Gasteiger partial charge on any atom is 0.402 e. The Bertz CT molecular complexity index is 353. The molecule has 0 aliphatic heterocycles. The normalized spacial score (nSPS) is 9.31. The largest absolute Gasteiger partial charge is 0.416 e. The maximum atomic E-state index is 10.7. The second kappa shape index (κ2) is 3.86. The molecule has 1 amide bonds. The van der Waals surface area contributed by atoms with E-state index in [9.17, 15) is 9.59 Å². The first-order chi connectivity index (χ1) is 6.11. The summed E-state index contributed by atoms with van der Waals surface area (Å²) < 4.78 is 4.50. The van der Waals surface area contributed by atoms with Gasteiger partial charge in [-0.1, -0.05) is 11.6 Å². The Labute approximate surface area is 78.5 Å². The van der Waals surface area contributed by atoms with E-state index in [2.05, 4.69) is 15.5 Å². The molecule has 0 spiro atoms. The van der Waals surface area contributed by atoms with Gasteiger partial charge >= 0.3 is 11.9 Å². The minimum absolute atomic E-state index is 0.00269. The molecule has 5 nitrogen and oxygen atoms in total. The SMILES string of the molecule is NC(=O)C(=O)Oc1cccnc1Cl. The smallest absolute Gasteiger partial charge is 0.402 e. The van der Waals surface area contributed by atoms with Crippen molar-refractivity contribution in [1.29, 1.82) is 0 Å². The van der Waals surface area contributed by atoms with Crippen molar-refractivity contribution in [3.05, 3.63) is 23.5 Å². The van der Waals surface area contributed by atoms with Crippen LogP contribution in [0.3, 0.4) is 0 Å². The van der Waals surface area contributed by atoms with Gasteiger partial charge in [0.1, 0.15) is 0 Å². The van der Waals surface area contributed by atoms with Gasteiger partial charge in [-0.2, -0.15) is 0 Å². The first-order valence-corrected chi connectivity index (χ1v) is 3.61.